The number of rotatable bonds is 10. The van der Waals surface area contributed by atoms with Crippen LogP contribution >= 0.6 is 0 Å². The Balaban J connectivity index is 1.74. The van der Waals surface area contributed by atoms with Gasteiger partial charge in [0.15, 0.2) is 11.7 Å². The highest BCUT2D eigenvalue weighted by atomic mass is 16.3. The van der Waals surface area contributed by atoms with Crippen LogP contribution in [-0.2, 0) is 4.79 Å². The highest BCUT2D eigenvalue weighted by Crippen LogP contribution is 2.30. The molecule has 0 bridgehead atoms. The van der Waals surface area contributed by atoms with Crippen molar-refractivity contribution in [2.75, 3.05) is 0 Å². The van der Waals surface area contributed by atoms with Crippen molar-refractivity contribution in [1.29, 1.82) is 0 Å². The average molecular weight is 507 g/mol. The van der Waals surface area contributed by atoms with E-state index in [1.54, 1.807) is 13.8 Å². The summed E-state index contributed by atoms with van der Waals surface area (Å²) in [6.45, 7) is 6.91. The molecule has 0 aliphatic carbocycles. The summed E-state index contributed by atoms with van der Waals surface area (Å²) in [4.78, 5) is 41.5. The molecule has 1 heterocycles. The molecular formula is C28H34N4O5. The Morgan fingerprint density at radius 1 is 0.811 bits per heavy atom. The largest absolute Gasteiger partial charge is 0.494 e. The van der Waals surface area contributed by atoms with Crippen molar-refractivity contribution in [3.63, 3.8) is 0 Å². The quantitative estimate of drug-likeness (QED) is 0.228. The van der Waals surface area contributed by atoms with Crippen LogP contribution in [0.15, 0.2) is 60.7 Å². The molecule has 9 nitrogen and oxygen atoms in total. The predicted octanol–water partition coefficient (Wildman–Crippen LogP) is 4.25. The van der Waals surface area contributed by atoms with E-state index in [9.17, 15) is 24.6 Å². The minimum absolute atomic E-state index is 0.0662. The van der Waals surface area contributed by atoms with Crippen LogP contribution in [0.3, 0.4) is 0 Å². The van der Waals surface area contributed by atoms with Gasteiger partial charge < -0.3 is 26.2 Å². The second-order valence-electron chi connectivity index (χ2n) is 9.39. The molecule has 6 N–H and O–H groups in total. The molecule has 1 aromatic heterocycles. The van der Waals surface area contributed by atoms with Crippen molar-refractivity contribution in [3.05, 3.63) is 82.9 Å². The summed E-state index contributed by atoms with van der Waals surface area (Å²) in [7, 11) is 0. The summed E-state index contributed by atoms with van der Waals surface area (Å²) >= 11 is 0. The number of nitrogens with one attached hydrogen (secondary N) is 4. The number of carbonyl (C=O) groups excluding carboxylic acids is 3. The van der Waals surface area contributed by atoms with Crippen LogP contribution < -0.4 is 16.0 Å². The summed E-state index contributed by atoms with van der Waals surface area (Å²) in [6.07, 6.45) is -0.114. The van der Waals surface area contributed by atoms with Crippen LogP contribution in [0.4, 0.5) is 4.79 Å². The van der Waals surface area contributed by atoms with E-state index in [0.29, 0.717) is 0 Å². The van der Waals surface area contributed by atoms with E-state index in [1.807, 2.05) is 67.6 Å². The maximum atomic E-state index is 13.2. The molecule has 3 aromatic rings. The Morgan fingerprint density at radius 2 is 1.38 bits per heavy atom. The summed E-state index contributed by atoms with van der Waals surface area (Å²) in [5, 5.41) is 28.4. The first kappa shape index (κ1) is 27.3. The van der Waals surface area contributed by atoms with Crippen LogP contribution in [-0.4, -0.2) is 39.0 Å². The van der Waals surface area contributed by atoms with E-state index in [4.69, 9.17) is 0 Å². The molecule has 0 aliphatic heterocycles. The molecule has 2 aromatic carbocycles. The first-order chi connectivity index (χ1) is 17.6. The number of H-pyrrole nitrogens is 1. The minimum atomic E-state index is -0.948. The van der Waals surface area contributed by atoms with Crippen molar-refractivity contribution >= 4 is 17.7 Å². The minimum Gasteiger partial charge on any atom is -0.494 e. The Labute approximate surface area is 216 Å². The van der Waals surface area contributed by atoms with Crippen LogP contribution in [0.25, 0.3) is 0 Å². The zero-order chi connectivity index (χ0) is 27.1. The second kappa shape index (κ2) is 12.1. The molecule has 3 atom stereocenters. The lowest BCUT2D eigenvalue weighted by atomic mass is 9.93. The summed E-state index contributed by atoms with van der Waals surface area (Å²) in [6, 6.07) is 16.3. The van der Waals surface area contributed by atoms with Gasteiger partial charge in [-0.05, 0) is 30.9 Å². The molecule has 3 amide bonds. The van der Waals surface area contributed by atoms with Crippen LogP contribution in [0.5, 0.6) is 11.8 Å². The number of benzene rings is 2. The monoisotopic (exact) mass is 506 g/mol. The summed E-state index contributed by atoms with van der Waals surface area (Å²) in [5.74, 6) is -2.03. The van der Waals surface area contributed by atoms with E-state index < -0.39 is 35.7 Å². The molecule has 0 fully saturated rings. The first-order valence-corrected chi connectivity index (χ1v) is 12.2. The van der Waals surface area contributed by atoms with Gasteiger partial charge in [-0.15, -0.1) is 0 Å². The maximum Gasteiger partial charge on any atom is 0.315 e. The highest BCUT2D eigenvalue weighted by molar-refractivity contribution is 6.05. The number of aromatic hydroxyl groups is 2. The van der Waals surface area contributed by atoms with Gasteiger partial charge in [0, 0.05) is 5.56 Å². The Morgan fingerprint density at radius 3 is 1.89 bits per heavy atom. The zero-order valence-electron chi connectivity index (χ0n) is 21.4. The van der Waals surface area contributed by atoms with Gasteiger partial charge >= 0.3 is 6.03 Å². The van der Waals surface area contributed by atoms with Crippen LogP contribution in [0.1, 0.15) is 66.3 Å². The SMILES string of the molecule is Cc1c(O)[nH]c(O)c1C(=O)[C@@H](NC(=O)CC(NC(=O)NC(C)c1ccccc1)c1ccccc1)C(C)C. The van der Waals surface area contributed by atoms with Crippen molar-refractivity contribution in [3.8, 4) is 11.8 Å². The van der Waals surface area contributed by atoms with Gasteiger partial charge in [0.05, 0.1) is 30.1 Å². The normalized spacial score (nSPS) is 13.4. The van der Waals surface area contributed by atoms with Gasteiger partial charge in [-0.2, -0.15) is 0 Å². The maximum absolute atomic E-state index is 13.2. The molecule has 0 saturated carbocycles. The number of aromatic nitrogens is 1. The number of amides is 3. The molecule has 196 valence electrons. The summed E-state index contributed by atoms with van der Waals surface area (Å²) in [5.41, 5.74) is 1.81. The van der Waals surface area contributed by atoms with Gasteiger partial charge in [-0.3, -0.25) is 14.6 Å². The summed E-state index contributed by atoms with van der Waals surface area (Å²) < 4.78 is 0. The smallest absolute Gasteiger partial charge is 0.315 e. The van der Waals surface area contributed by atoms with E-state index in [2.05, 4.69) is 20.9 Å². The number of urea groups is 1. The van der Waals surface area contributed by atoms with Gasteiger partial charge in [0.1, 0.15) is 0 Å². The standard InChI is InChI=1S/C28H34N4O5/c1-16(2)24(25(34)23-17(3)26(35)32-27(23)36)31-22(33)15-21(20-13-9-6-10-14-20)30-28(37)29-18(4)19-11-7-5-8-12-19/h5-14,16,18,21,24,32,35-36H,15H2,1-4H3,(H,31,33)(H2,29,30,37)/t18?,21?,24-/m0/s1. The number of ketones is 1. The molecule has 3 rings (SSSR count). The molecule has 2 unspecified atom stereocenters. The van der Waals surface area contributed by atoms with Crippen LogP contribution in [0.2, 0.25) is 0 Å². The fraction of sp³-hybridized carbons (Fsp3) is 0.321. The van der Waals surface area contributed by atoms with E-state index in [-0.39, 0.29) is 35.4 Å². The third-order valence-corrected chi connectivity index (χ3v) is 6.26. The molecular weight excluding hydrogens is 472 g/mol. The number of hydrogen-bond acceptors (Lipinski definition) is 5. The van der Waals surface area contributed by atoms with Gasteiger partial charge in [-0.1, -0.05) is 74.5 Å². The van der Waals surface area contributed by atoms with Crippen molar-refractivity contribution in [1.82, 2.24) is 20.9 Å². The molecule has 37 heavy (non-hydrogen) atoms. The lowest BCUT2D eigenvalue weighted by Gasteiger charge is -2.24. The van der Waals surface area contributed by atoms with Gasteiger partial charge in [-0.25, -0.2) is 4.79 Å². The third-order valence-electron chi connectivity index (χ3n) is 6.26. The number of carbonyl (C=O) groups is 3. The van der Waals surface area contributed by atoms with E-state index in [1.165, 1.54) is 6.92 Å². The number of aromatic amines is 1. The molecule has 0 aliphatic rings. The Kier molecular flexibility index (Phi) is 8.95. The van der Waals surface area contributed by atoms with E-state index in [0.717, 1.165) is 11.1 Å². The zero-order valence-corrected chi connectivity index (χ0v) is 21.4. The topological polar surface area (TPSA) is 144 Å². The second-order valence-corrected chi connectivity index (χ2v) is 9.39. The fourth-order valence-electron chi connectivity index (χ4n) is 4.13. The average Bonchev–Trinajstić information content (AvgIpc) is 3.13. The third kappa shape index (κ3) is 6.91. The van der Waals surface area contributed by atoms with Crippen molar-refractivity contribution in [2.45, 2.75) is 52.2 Å². The Bertz CT molecular complexity index is 1220. The lowest BCUT2D eigenvalue weighted by Crippen LogP contribution is -2.46. The molecule has 0 spiro atoms. The Hall–Kier alpha value is -4.27. The molecule has 0 saturated heterocycles. The number of hydrogen-bond donors (Lipinski definition) is 6. The molecule has 9 heteroatoms. The van der Waals surface area contributed by atoms with Crippen molar-refractivity contribution < 1.29 is 24.6 Å². The van der Waals surface area contributed by atoms with E-state index >= 15 is 0 Å². The molecule has 0 radical (unpaired) electrons. The highest BCUT2D eigenvalue weighted by Gasteiger charge is 2.31. The van der Waals surface area contributed by atoms with Gasteiger partial charge in [0.25, 0.3) is 0 Å². The predicted molar refractivity (Wildman–Crippen MR) is 140 cm³/mol. The fourth-order valence-corrected chi connectivity index (χ4v) is 4.13. The lowest BCUT2D eigenvalue weighted by molar-refractivity contribution is -0.122. The number of Topliss-reactive ketones (excluding diaryl/α,β-unsaturated/α-hetero) is 1. The van der Waals surface area contributed by atoms with Crippen LogP contribution in [0, 0.1) is 12.8 Å². The first-order valence-electron chi connectivity index (χ1n) is 12.2. The van der Waals surface area contributed by atoms with Crippen molar-refractivity contribution in [2.24, 2.45) is 5.92 Å². The van der Waals surface area contributed by atoms with Gasteiger partial charge in [0.2, 0.25) is 11.8 Å².